The molecule has 0 aromatic heterocycles. The summed E-state index contributed by atoms with van der Waals surface area (Å²) in [4.78, 5) is 0. The van der Waals surface area contributed by atoms with Crippen molar-refractivity contribution < 1.29 is 13.3 Å². The van der Waals surface area contributed by atoms with E-state index >= 15 is 0 Å². The SMILES string of the molecule is CO[Si](C)(OC)OC.N#CC#N. The molecule has 0 saturated carbocycles. The molecule has 0 saturated heterocycles. The highest BCUT2D eigenvalue weighted by atomic mass is 28.4. The van der Waals surface area contributed by atoms with Crippen LogP contribution in [0.3, 0.4) is 0 Å². The number of nitrogens with zero attached hydrogens (tertiary/aromatic N) is 2. The Morgan fingerprint density at radius 1 is 0.917 bits per heavy atom. The molecule has 0 aliphatic rings. The molecule has 0 bridgehead atoms. The summed E-state index contributed by atoms with van der Waals surface area (Å²) in [7, 11) is 2.58. The van der Waals surface area contributed by atoms with Gasteiger partial charge >= 0.3 is 8.80 Å². The molecule has 0 unspecified atom stereocenters. The van der Waals surface area contributed by atoms with Crippen LogP contribution in [0.5, 0.6) is 0 Å². The molecule has 0 heterocycles. The molecule has 0 aliphatic carbocycles. The van der Waals surface area contributed by atoms with Crippen LogP contribution >= 0.6 is 0 Å². The van der Waals surface area contributed by atoms with Crippen molar-refractivity contribution in [3.05, 3.63) is 0 Å². The van der Waals surface area contributed by atoms with E-state index in [1.165, 1.54) is 12.1 Å². The van der Waals surface area contributed by atoms with E-state index < -0.39 is 8.80 Å². The first-order chi connectivity index (χ1) is 5.60. The molecule has 6 heteroatoms. The van der Waals surface area contributed by atoms with Crippen molar-refractivity contribution in [1.82, 2.24) is 0 Å². The third kappa shape index (κ3) is 7.19. The zero-order valence-corrected chi connectivity index (χ0v) is 8.62. The summed E-state index contributed by atoms with van der Waals surface area (Å²) >= 11 is 0. The van der Waals surface area contributed by atoms with E-state index in [1.54, 1.807) is 21.3 Å². The minimum atomic E-state index is -2.17. The quantitative estimate of drug-likeness (QED) is 0.604. The van der Waals surface area contributed by atoms with Crippen LogP contribution in [0.2, 0.25) is 6.55 Å². The first-order valence-corrected chi connectivity index (χ1v) is 5.26. The largest absolute Gasteiger partial charge is 0.496 e. The predicted octanol–water partition coefficient (Wildman–Crippen LogP) is 0.528. The second-order valence-corrected chi connectivity index (χ2v) is 4.65. The Balaban J connectivity index is 0. The van der Waals surface area contributed by atoms with Crippen molar-refractivity contribution in [3.63, 3.8) is 0 Å². The molecule has 0 fully saturated rings. The maximum atomic E-state index is 7.26. The van der Waals surface area contributed by atoms with Gasteiger partial charge in [-0.3, -0.25) is 0 Å². The summed E-state index contributed by atoms with van der Waals surface area (Å²) in [6, 6.07) is 2.47. The predicted molar refractivity (Wildman–Crippen MR) is 43.9 cm³/mol. The summed E-state index contributed by atoms with van der Waals surface area (Å²) in [5.74, 6) is 0. The average molecular weight is 188 g/mol. The van der Waals surface area contributed by atoms with E-state index in [2.05, 4.69) is 0 Å². The maximum absolute atomic E-state index is 7.26. The summed E-state index contributed by atoms with van der Waals surface area (Å²) in [5.41, 5.74) is 0. The van der Waals surface area contributed by atoms with Crippen LogP contribution in [0, 0.1) is 22.7 Å². The maximum Gasteiger partial charge on any atom is 0.496 e. The minimum absolute atomic E-state index is 1.24. The molecule has 0 aromatic carbocycles. The van der Waals surface area contributed by atoms with Gasteiger partial charge in [0.2, 0.25) is 0 Å². The Labute approximate surface area is 73.4 Å². The molecular formula is C6H12N2O3Si. The Morgan fingerprint density at radius 2 is 1.17 bits per heavy atom. The van der Waals surface area contributed by atoms with Gasteiger partial charge < -0.3 is 13.3 Å². The highest BCUT2D eigenvalue weighted by Gasteiger charge is 2.29. The summed E-state index contributed by atoms with van der Waals surface area (Å²) in [6.07, 6.45) is 0. The topological polar surface area (TPSA) is 75.3 Å². The van der Waals surface area contributed by atoms with Crippen molar-refractivity contribution in [2.75, 3.05) is 21.3 Å². The van der Waals surface area contributed by atoms with Gasteiger partial charge in [0.25, 0.3) is 0 Å². The monoisotopic (exact) mass is 188 g/mol. The molecular weight excluding hydrogens is 176 g/mol. The van der Waals surface area contributed by atoms with Crippen molar-refractivity contribution in [2.45, 2.75) is 6.55 Å². The van der Waals surface area contributed by atoms with Crippen LogP contribution in [0.25, 0.3) is 0 Å². The average Bonchev–Trinajstić information content (AvgIpc) is 2.17. The molecule has 0 amide bonds. The van der Waals surface area contributed by atoms with Gasteiger partial charge in [-0.1, -0.05) is 0 Å². The third-order valence-electron chi connectivity index (χ3n) is 1.16. The van der Waals surface area contributed by atoms with Gasteiger partial charge in [0, 0.05) is 27.9 Å². The lowest BCUT2D eigenvalue weighted by Gasteiger charge is -2.18. The van der Waals surface area contributed by atoms with Crippen LogP contribution in [0.4, 0.5) is 0 Å². The van der Waals surface area contributed by atoms with Gasteiger partial charge in [-0.15, -0.1) is 0 Å². The first-order valence-electron chi connectivity index (χ1n) is 3.03. The van der Waals surface area contributed by atoms with Gasteiger partial charge in [-0.05, 0) is 0 Å². The second-order valence-electron chi connectivity index (χ2n) is 1.70. The van der Waals surface area contributed by atoms with Gasteiger partial charge in [0.05, 0.1) is 0 Å². The fourth-order valence-electron chi connectivity index (χ4n) is 0.250. The fraction of sp³-hybridized carbons (Fsp3) is 0.667. The van der Waals surface area contributed by atoms with E-state index in [0.29, 0.717) is 0 Å². The normalized spacial score (nSPS) is 8.83. The molecule has 0 spiro atoms. The zero-order valence-electron chi connectivity index (χ0n) is 7.62. The Hall–Kier alpha value is -0.923. The van der Waals surface area contributed by atoms with Crippen molar-refractivity contribution in [2.24, 2.45) is 0 Å². The molecule has 68 valence electrons. The van der Waals surface area contributed by atoms with E-state index in [4.69, 9.17) is 23.8 Å². The fourth-order valence-corrected chi connectivity index (χ4v) is 0.750. The summed E-state index contributed by atoms with van der Waals surface area (Å²) in [5, 5.41) is 14.5. The summed E-state index contributed by atoms with van der Waals surface area (Å²) < 4.78 is 14.8. The highest BCUT2D eigenvalue weighted by molar-refractivity contribution is 6.58. The Bertz CT molecular complexity index is 160. The Morgan fingerprint density at radius 3 is 1.17 bits per heavy atom. The molecule has 0 aromatic rings. The van der Waals surface area contributed by atoms with Crippen molar-refractivity contribution in [1.29, 1.82) is 10.5 Å². The number of rotatable bonds is 3. The number of nitriles is 2. The third-order valence-corrected chi connectivity index (χ3v) is 3.39. The van der Waals surface area contributed by atoms with Crippen LogP contribution in [0.1, 0.15) is 0 Å². The molecule has 0 atom stereocenters. The lowest BCUT2D eigenvalue weighted by molar-refractivity contribution is 0.132. The second kappa shape index (κ2) is 8.18. The van der Waals surface area contributed by atoms with E-state index in [1.807, 2.05) is 6.55 Å². The van der Waals surface area contributed by atoms with Gasteiger partial charge in [0.1, 0.15) is 0 Å². The smallest absolute Gasteiger partial charge is 0.377 e. The van der Waals surface area contributed by atoms with Crippen LogP contribution in [-0.2, 0) is 13.3 Å². The molecule has 5 nitrogen and oxygen atoms in total. The zero-order chi connectivity index (χ0) is 10.0. The number of hydrogen-bond acceptors (Lipinski definition) is 5. The molecule has 0 rings (SSSR count). The van der Waals surface area contributed by atoms with Crippen molar-refractivity contribution in [3.8, 4) is 12.1 Å². The van der Waals surface area contributed by atoms with E-state index in [9.17, 15) is 0 Å². The van der Waals surface area contributed by atoms with Gasteiger partial charge in [-0.25, -0.2) is 0 Å². The molecule has 0 radical (unpaired) electrons. The molecule has 0 aliphatic heterocycles. The van der Waals surface area contributed by atoms with Crippen LogP contribution < -0.4 is 0 Å². The Kier molecular flexibility index (Phi) is 9.30. The van der Waals surface area contributed by atoms with Crippen molar-refractivity contribution >= 4 is 8.80 Å². The lowest BCUT2D eigenvalue weighted by Crippen LogP contribution is -2.38. The van der Waals surface area contributed by atoms with Gasteiger partial charge in [0.15, 0.2) is 12.1 Å². The number of hydrogen-bond donors (Lipinski definition) is 0. The summed E-state index contributed by atoms with van der Waals surface area (Å²) in [6.45, 7) is 1.83. The highest BCUT2D eigenvalue weighted by Crippen LogP contribution is 2.02. The first kappa shape index (κ1) is 13.7. The minimum Gasteiger partial charge on any atom is -0.377 e. The van der Waals surface area contributed by atoms with E-state index in [-0.39, 0.29) is 0 Å². The van der Waals surface area contributed by atoms with E-state index in [0.717, 1.165) is 0 Å². The molecule has 12 heavy (non-hydrogen) atoms. The standard InChI is InChI=1S/C4H12O3Si.C2N2/c1-5-8(4,6-2)7-3;3-1-2-4/h1-4H3;. The van der Waals surface area contributed by atoms with Crippen LogP contribution in [0.15, 0.2) is 0 Å². The molecule has 0 N–H and O–H groups in total. The van der Waals surface area contributed by atoms with Gasteiger partial charge in [-0.2, -0.15) is 10.5 Å². The van der Waals surface area contributed by atoms with Crippen LogP contribution in [-0.4, -0.2) is 30.1 Å². The lowest BCUT2D eigenvalue weighted by atomic mass is 10.9.